The number of anilines is 1. The Bertz CT molecular complexity index is 574. The molecule has 1 aromatic carbocycles. The molecule has 7 heteroatoms. The Morgan fingerprint density at radius 1 is 1.20 bits per heavy atom. The maximum atomic E-state index is 12.8. The maximum absolute atomic E-state index is 12.8. The number of sulfonamides is 1. The predicted octanol–water partition coefficient (Wildman–Crippen LogP) is 0.604. The molecule has 0 saturated carbocycles. The van der Waals surface area contributed by atoms with E-state index in [2.05, 4.69) is 4.90 Å². The van der Waals surface area contributed by atoms with E-state index in [1.54, 1.807) is 12.1 Å². The molecule has 1 heterocycles. The van der Waals surface area contributed by atoms with E-state index in [0.29, 0.717) is 24.5 Å². The van der Waals surface area contributed by atoms with Crippen molar-refractivity contribution in [1.82, 2.24) is 9.21 Å². The van der Waals surface area contributed by atoms with Crippen LogP contribution >= 0.6 is 0 Å². The summed E-state index contributed by atoms with van der Waals surface area (Å²) in [5, 5.41) is 0. The van der Waals surface area contributed by atoms with Gasteiger partial charge in [0.15, 0.2) is 0 Å². The fraction of sp³-hybridized carbons (Fsp3) is 0.538. The van der Waals surface area contributed by atoms with Crippen LogP contribution < -0.4 is 10.5 Å². The van der Waals surface area contributed by atoms with E-state index in [4.69, 9.17) is 10.5 Å². The van der Waals surface area contributed by atoms with Crippen molar-refractivity contribution in [2.45, 2.75) is 11.3 Å². The van der Waals surface area contributed by atoms with Gasteiger partial charge in [0.1, 0.15) is 10.6 Å². The van der Waals surface area contributed by atoms with Crippen molar-refractivity contribution < 1.29 is 13.2 Å². The minimum Gasteiger partial charge on any atom is -0.495 e. The quantitative estimate of drug-likeness (QED) is 0.827. The summed E-state index contributed by atoms with van der Waals surface area (Å²) in [6.07, 6.45) is 0.820. The Labute approximate surface area is 120 Å². The average molecular weight is 299 g/mol. The second-order valence-electron chi connectivity index (χ2n) is 4.97. The first-order chi connectivity index (χ1) is 9.45. The second-order valence-corrected chi connectivity index (χ2v) is 6.88. The number of likely N-dealkylation sites (N-methyl/N-ethyl adjacent to an activating group) is 1. The molecule has 2 N–H and O–H groups in total. The van der Waals surface area contributed by atoms with Crippen LogP contribution in [0.2, 0.25) is 0 Å². The van der Waals surface area contributed by atoms with E-state index < -0.39 is 10.0 Å². The lowest BCUT2D eigenvalue weighted by Gasteiger charge is -2.21. The maximum Gasteiger partial charge on any atom is 0.246 e. The molecule has 2 rings (SSSR count). The Morgan fingerprint density at radius 2 is 1.95 bits per heavy atom. The standard InChI is InChI=1S/C13H21N3O3S/c1-15-6-3-7-16(9-8-15)20(17,18)13-10-11(14)4-5-12(13)19-2/h4-5,10H,3,6-9,14H2,1-2H3. The highest BCUT2D eigenvalue weighted by Gasteiger charge is 2.29. The van der Waals surface area contributed by atoms with E-state index in [9.17, 15) is 8.42 Å². The van der Waals surface area contributed by atoms with Gasteiger partial charge in [-0.25, -0.2) is 8.42 Å². The number of methoxy groups -OCH3 is 1. The molecule has 112 valence electrons. The lowest BCUT2D eigenvalue weighted by atomic mass is 10.3. The van der Waals surface area contributed by atoms with Gasteiger partial charge in [-0.1, -0.05) is 0 Å². The van der Waals surface area contributed by atoms with Crippen molar-refractivity contribution in [3.63, 3.8) is 0 Å². The lowest BCUT2D eigenvalue weighted by Crippen LogP contribution is -2.34. The first kappa shape index (κ1) is 15.1. The number of hydrogen-bond acceptors (Lipinski definition) is 5. The molecule has 0 spiro atoms. The smallest absolute Gasteiger partial charge is 0.246 e. The van der Waals surface area contributed by atoms with Crippen LogP contribution in [0.1, 0.15) is 6.42 Å². The molecule has 0 bridgehead atoms. The number of rotatable bonds is 3. The summed E-state index contributed by atoms with van der Waals surface area (Å²) in [6, 6.07) is 4.68. The normalized spacial score (nSPS) is 18.7. The molecule has 1 aliphatic rings. The van der Waals surface area contributed by atoms with Crippen molar-refractivity contribution >= 4 is 15.7 Å². The minimum absolute atomic E-state index is 0.143. The summed E-state index contributed by atoms with van der Waals surface area (Å²) in [5.74, 6) is 0.330. The van der Waals surface area contributed by atoms with E-state index in [1.165, 1.54) is 17.5 Å². The molecule has 1 fully saturated rings. The fourth-order valence-electron chi connectivity index (χ4n) is 2.30. The van der Waals surface area contributed by atoms with Crippen molar-refractivity contribution in [1.29, 1.82) is 0 Å². The fourth-order valence-corrected chi connectivity index (χ4v) is 3.96. The topological polar surface area (TPSA) is 75.9 Å². The van der Waals surface area contributed by atoms with E-state index in [-0.39, 0.29) is 4.90 Å². The van der Waals surface area contributed by atoms with Gasteiger partial charge >= 0.3 is 0 Å². The van der Waals surface area contributed by atoms with Crippen molar-refractivity contribution in [2.75, 3.05) is 46.1 Å². The zero-order chi connectivity index (χ0) is 14.8. The van der Waals surface area contributed by atoms with Crippen molar-refractivity contribution in [2.24, 2.45) is 0 Å². The largest absolute Gasteiger partial charge is 0.495 e. The molecule has 6 nitrogen and oxygen atoms in total. The second kappa shape index (κ2) is 5.99. The predicted molar refractivity (Wildman–Crippen MR) is 78.3 cm³/mol. The number of ether oxygens (including phenoxy) is 1. The zero-order valence-electron chi connectivity index (χ0n) is 11.9. The monoisotopic (exact) mass is 299 g/mol. The van der Waals surface area contributed by atoms with Crippen LogP contribution in [0, 0.1) is 0 Å². The van der Waals surface area contributed by atoms with Gasteiger partial charge in [-0.15, -0.1) is 0 Å². The van der Waals surface area contributed by atoms with E-state index in [1.807, 2.05) is 7.05 Å². The zero-order valence-corrected chi connectivity index (χ0v) is 12.7. The van der Waals surface area contributed by atoms with Crippen LogP contribution in [0.15, 0.2) is 23.1 Å². The summed E-state index contributed by atoms with van der Waals surface area (Å²) >= 11 is 0. The first-order valence-electron chi connectivity index (χ1n) is 6.57. The summed E-state index contributed by atoms with van der Waals surface area (Å²) in [4.78, 5) is 2.27. The summed E-state index contributed by atoms with van der Waals surface area (Å²) < 4.78 is 32.2. The first-order valence-corrected chi connectivity index (χ1v) is 8.01. The van der Waals surface area contributed by atoms with Crippen LogP contribution in [0.3, 0.4) is 0 Å². The number of hydrogen-bond donors (Lipinski definition) is 1. The van der Waals surface area contributed by atoms with Gasteiger partial charge < -0.3 is 15.4 Å². The number of nitrogens with two attached hydrogens (primary N) is 1. The minimum atomic E-state index is -3.57. The summed E-state index contributed by atoms with van der Waals surface area (Å²) in [5.41, 5.74) is 6.13. The van der Waals surface area contributed by atoms with Gasteiger partial charge in [-0.3, -0.25) is 0 Å². The molecule has 1 saturated heterocycles. The SMILES string of the molecule is COc1ccc(N)cc1S(=O)(=O)N1CCCN(C)CC1. The molecule has 1 aliphatic heterocycles. The van der Waals surface area contributed by atoms with Gasteiger partial charge in [0.25, 0.3) is 0 Å². The molecule has 0 aromatic heterocycles. The molecular weight excluding hydrogens is 278 g/mol. The summed E-state index contributed by atoms with van der Waals surface area (Å²) in [7, 11) is -0.116. The highest BCUT2D eigenvalue weighted by Crippen LogP contribution is 2.29. The van der Waals surface area contributed by atoms with E-state index >= 15 is 0 Å². The third-order valence-electron chi connectivity index (χ3n) is 3.48. The van der Waals surface area contributed by atoms with Crippen molar-refractivity contribution in [3.8, 4) is 5.75 Å². The highest BCUT2D eigenvalue weighted by atomic mass is 32.2. The number of nitrogen functional groups attached to an aromatic ring is 1. The van der Waals surface area contributed by atoms with Gasteiger partial charge in [-0.2, -0.15) is 4.31 Å². The van der Waals surface area contributed by atoms with Crippen LogP contribution in [0.5, 0.6) is 5.75 Å². The average Bonchev–Trinajstić information content (AvgIpc) is 2.64. The molecule has 0 aliphatic carbocycles. The molecule has 20 heavy (non-hydrogen) atoms. The Kier molecular flexibility index (Phi) is 4.52. The van der Waals surface area contributed by atoms with Gasteiger partial charge in [0.2, 0.25) is 10.0 Å². The molecule has 1 aromatic rings. The molecular formula is C13H21N3O3S. The van der Waals surface area contributed by atoms with Gasteiger partial charge in [0.05, 0.1) is 7.11 Å². The Balaban J connectivity index is 2.36. The lowest BCUT2D eigenvalue weighted by molar-refractivity contribution is 0.346. The molecule has 0 amide bonds. The Morgan fingerprint density at radius 3 is 2.65 bits per heavy atom. The van der Waals surface area contributed by atoms with Crippen LogP contribution in [-0.2, 0) is 10.0 Å². The van der Waals surface area contributed by atoms with Gasteiger partial charge in [-0.05, 0) is 38.2 Å². The van der Waals surface area contributed by atoms with E-state index in [0.717, 1.165) is 19.5 Å². The third-order valence-corrected chi connectivity index (χ3v) is 5.40. The highest BCUT2D eigenvalue weighted by molar-refractivity contribution is 7.89. The molecule has 0 atom stereocenters. The van der Waals surface area contributed by atoms with Crippen LogP contribution in [-0.4, -0.2) is 58.0 Å². The summed E-state index contributed by atoms with van der Waals surface area (Å²) in [6.45, 7) is 2.63. The number of benzene rings is 1. The third kappa shape index (κ3) is 3.05. The Hall–Kier alpha value is -1.31. The molecule has 0 radical (unpaired) electrons. The number of nitrogens with zero attached hydrogens (tertiary/aromatic N) is 2. The molecule has 0 unspecified atom stereocenters. The van der Waals surface area contributed by atoms with Gasteiger partial charge in [0, 0.05) is 25.3 Å². The van der Waals surface area contributed by atoms with Crippen LogP contribution in [0.25, 0.3) is 0 Å². The van der Waals surface area contributed by atoms with Crippen molar-refractivity contribution in [3.05, 3.63) is 18.2 Å². The van der Waals surface area contributed by atoms with Crippen LogP contribution in [0.4, 0.5) is 5.69 Å².